The number of fused-ring (bicyclic) bond motifs is 1. The molecule has 0 spiro atoms. The van der Waals surface area contributed by atoms with Gasteiger partial charge in [0, 0.05) is 42.6 Å². The monoisotopic (exact) mass is 495 g/mol. The highest BCUT2D eigenvalue weighted by atomic mass is 16.2. The molecule has 2 aliphatic rings. The zero-order chi connectivity index (χ0) is 26.1. The Labute approximate surface area is 218 Å². The van der Waals surface area contributed by atoms with E-state index < -0.39 is 0 Å². The molecule has 7 heteroatoms. The van der Waals surface area contributed by atoms with Crippen LogP contribution in [0.25, 0.3) is 11.3 Å². The number of likely N-dealkylation sites (tertiary alicyclic amines) is 1. The highest BCUT2D eigenvalue weighted by Gasteiger charge is 2.37. The van der Waals surface area contributed by atoms with Crippen molar-refractivity contribution in [2.75, 3.05) is 48.0 Å². The minimum absolute atomic E-state index is 0.347. The van der Waals surface area contributed by atoms with Gasteiger partial charge in [0.25, 0.3) is 5.91 Å². The number of piperidine rings is 1. The fourth-order valence-electron chi connectivity index (χ4n) is 5.24. The second-order valence-electron chi connectivity index (χ2n) is 9.87. The molecule has 0 aromatic heterocycles. The maximum atomic E-state index is 13.6. The maximum Gasteiger partial charge on any atom is 0.267 e. The van der Waals surface area contributed by atoms with Crippen molar-refractivity contribution in [1.82, 2.24) is 4.90 Å². The third-order valence-electron chi connectivity index (χ3n) is 7.36. The van der Waals surface area contributed by atoms with Gasteiger partial charge in [-0.05, 0) is 81.0 Å². The Kier molecular flexibility index (Phi) is 6.72. The van der Waals surface area contributed by atoms with Gasteiger partial charge >= 0.3 is 0 Å². The lowest BCUT2D eigenvalue weighted by atomic mass is 9.99. The van der Waals surface area contributed by atoms with Gasteiger partial charge in [0.15, 0.2) is 0 Å². The molecule has 2 aliphatic heterocycles. The Morgan fingerprint density at radius 2 is 1.68 bits per heavy atom. The van der Waals surface area contributed by atoms with E-state index in [1.165, 1.54) is 11.8 Å². The number of amides is 2. The van der Waals surface area contributed by atoms with Crippen molar-refractivity contribution in [3.05, 3.63) is 83.9 Å². The van der Waals surface area contributed by atoms with Gasteiger partial charge in [0.2, 0.25) is 5.91 Å². The number of benzene rings is 3. The summed E-state index contributed by atoms with van der Waals surface area (Å²) in [7, 11) is 4.33. The average Bonchev–Trinajstić information content (AvgIpc) is 3.19. The van der Waals surface area contributed by atoms with Crippen LogP contribution in [0.3, 0.4) is 0 Å². The molecule has 0 radical (unpaired) electrons. The molecule has 0 bridgehead atoms. The molecule has 0 atom stereocenters. The summed E-state index contributed by atoms with van der Waals surface area (Å²) in [6.45, 7) is 3.62. The molecule has 0 saturated carbocycles. The SMILES string of the molecule is CC(=O)N1C(=O)/C(=C(\Nc2ccc(N(C)C3CCN(C)CC3)cc2)c2ccccc2)c2ccc(N)cc21. The van der Waals surface area contributed by atoms with Gasteiger partial charge in [-0.1, -0.05) is 30.3 Å². The van der Waals surface area contributed by atoms with E-state index in [0.29, 0.717) is 34.3 Å². The lowest BCUT2D eigenvalue weighted by Crippen LogP contribution is -2.41. The van der Waals surface area contributed by atoms with E-state index in [-0.39, 0.29) is 11.8 Å². The zero-order valence-corrected chi connectivity index (χ0v) is 21.6. The lowest BCUT2D eigenvalue weighted by Gasteiger charge is -2.36. The van der Waals surface area contributed by atoms with Crippen LogP contribution in [0.1, 0.15) is 30.9 Å². The number of nitrogens with one attached hydrogen (secondary N) is 1. The Balaban J connectivity index is 1.52. The molecule has 2 heterocycles. The van der Waals surface area contributed by atoms with Gasteiger partial charge in [0.1, 0.15) is 0 Å². The molecule has 5 rings (SSSR count). The van der Waals surface area contributed by atoms with E-state index in [2.05, 4.69) is 41.3 Å². The second kappa shape index (κ2) is 10.1. The highest BCUT2D eigenvalue weighted by Crippen LogP contribution is 2.42. The summed E-state index contributed by atoms with van der Waals surface area (Å²) in [4.78, 5) is 32.0. The molecule has 0 unspecified atom stereocenters. The summed E-state index contributed by atoms with van der Waals surface area (Å²) in [5, 5.41) is 3.50. The lowest BCUT2D eigenvalue weighted by molar-refractivity contribution is -0.122. The fraction of sp³-hybridized carbons (Fsp3) is 0.267. The number of nitrogens with zero attached hydrogens (tertiary/aromatic N) is 3. The number of imide groups is 1. The van der Waals surface area contributed by atoms with Crippen LogP contribution in [0.2, 0.25) is 0 Å². The number of rotatable bonds is 5. The van der Waals surface area contributed by atoms with Gasteiger partial charge in [0.05, 0.1) is 17.0 Å². The molecule has 2 amide bonds. The van der Waals surface area contributed by atoms with Crippen molar-refractivity contribution in [3.8, 4) is 0 Å². The molecular weight excluding hydrogens is 462 g/mol. The van der Waals surface area contributed by atoms with E-state index in [0.717, 1.165) is 42.9 Å². The molecule has 37 heavy (non-hydrogen) atoms. The predicted octanol–water partition coefficient (Wildman–Crippen LogP) is 4.67. The zero-order valence-electron chi connectivity index (χ0n) is 21.6. The second-order valence-corrected chi connectivity index (χ2v) is 9.87. The number of nitrogen functional groups attached to an aromatic ring is 1. The molecule has 3 N–H and O–H groups in total. The summed E-state index contributed by atoms with van der Waals surface area (Å²) in [5.74, 6) is -0.710. The van der Waals surface area contributed by atoms with Crippen LogP contribution < -0.4 is 20.9 Å². The van der Waals surface area contributed by atoms with Crippen LogP contribution in [0.5, 0.6) is 0 Å². The molecule has 1 fully saturated rings. The van der Waals surface area contributed by atoms with Gasteiger partial charge in [-0.15, -0.1) is 0 Å². The molecule has 0 aliphatic carbocycles. The normalized spacial score (nSPS) is 17.5. The third-order valence-corrected chi connectivity index (χ3v) is 7.36. The molecule has 3 aromatic carbocycles. The van der Waals surface area contributed by atoms with Crippen molar-refractivity contribution >= 4 is 45.8 Å². The number of nitrogens with two attached hydrogens (primary N) is 1. The topological polar surface area (TPSA) is 81.9 Å². The van der Waals surface area contributed by atoms with E-state index in [1.54, 1.807) is 12.1 Å². The predicted molar refractivity (Wildman–Crippen MR) is 151 cm³/mol. The maximum absolute atomic E-state index is 13.6. The van der Waals surface area contributed by atoms with Gasteiger partial charge in [-0.25, -0.2) is 4.90 Å². The van der Waals surface area contributed by atoms with Crippen molar-refractivity contribution in [3.63, 3.8) is 0 Å². The van der Waals surface area contributed by atoms with Crippen molar-refractivity contribution in [2.45, 2.75) is 25.8 Å². The minimum Gasteiger partial charge on any atom is -0.399 e. The molecule has 3 aromatic rings. The standard InChI is InChI=1S/C30H33N5O2/c1-20(36)35-27-19-22(31)9-14-26(27)28(30(35)37)29(21-7-5-4-6-8-21)32-23-10-12-24(13-11-23)34(3)25-15-17-33(2)18-16-25/h4-14,19,25,32H,15-18,31H2,1-3H3/b29-28-. The number of carbonyl (C=O) groups excluding carboxylic acids is 2. The van der Waals surface area contributed by atoms with Crippen LogP contribution in [0.4, 0.5) is 22.7 Å². The minimum atomic E-state index is -0.363. The Morgan fingerprint density at radius 3 is 2.32 bits per heavy atom. The molecular formula is C30H33N5O2. The molecule has 190 valence electrons. The first-order valence-electron chi connectivity index (χ1n) is 12.7. The molecule has 7 nitrogen and oxygen atoms in total. The van der Waals surface area contributed by atoms with Crippen LogP contribution in [0, 0.1) is 0 Å². The van der Waals surface area contributed by atoms with E-state index in [4.69, 9.17) is 5.73 Å². The quantitative estimate of drug-likeness (QED) is 0.395. The summed E-state index contributed by atoms with van der Waals surface area (Å²) >= 11 is 0. The summed E-state index contributed by atoms with van der Waals surface area (Å²) in [6.07, 6.45) is 2.30. The first-order chi connectivity index (χ1) is 17.8. The summed E-state index contributed by atoms with van der Waals surface area (Å²) in [6, 6.07) is 23.8. The molecule has 1 saturated heterocycles. The van der Waals surface area contributed by atoms with Crippen LogP contribution in [0.15, 0.2) is 72.8 Å². The number of hydrogen-bond acceptors (Lipinski definition) is 6. The smallest absolute Gasteiger partial charge is 0.267 e. The fourth-order valence-corrected chi connectivity index (χ4v) is 5.24. The van der Waals surface area contributed by atoms with E-state index >= 15 is 0 Å². The Bertz CT molecular complexity index is 1340. The third kappa shape index (κ3) is 4.82. The average molecular weight is 496 g/mol. The summed E-state index contributed by atoms with van der Waals surface area (Å²) < 4.78 is 0. The van der Waals surface area contributed by atoms with Crippen molar-refractivity contribution in [2.24, 2.45) is 0 Å². The van der Waals surface area contributed by atoms with Gasteiger partial charge < -0.3 is 20.9 Å². The number of anilines is 4. The number of hydrogen-bond donors (Lipinski definition) is 2. The van der Waals surface area contributed by atoms with Crippen LogP contribution in [-0.4, -0.2) is 49.9 Å². The van der Waals surface area contributed by atoms with Crippen molar-refractivity contribution in [1.29, 1.82) is 0 Å². The van der Waals surface area contributed by atoms with Gasteiger partial charge in [-0.2, -0.15) is 0 Å². The largest absolute Gasteiger partial charge is 0.399 e. The van der Waals surface area contributed by atoms with Crippen LogP contribution in [-0.2, 0) is 9.59 Å². The van der Waals surface area contributed by atoms with Crippen molar-refractivity contribution < 1.29 is 9.59 Å². The first-order valence-corrected chi connectivity index (χ1v) is 12.7. The Morgan fingerprint density at radius 1 is 1.00 bits per heavy atom. The highest BCUT2D eigenvalue weighted by molar-refractivity contribution is 6.43. The first kappa shape index (κ1) is 24.6. The van der Waals surface area contributed by atoms with Gasteiger partial charge in [-0.3, -0.25) is 9.59 Å². The summed E-state index contributed by atoms with van der Waals surface area (Å²) in [5.41, 5.74) is 11.7. The number of carbonyl (C=O) groups is 2. The van der Waals surface area contributed by atoms with E-state index in [9.17, 15) is 9.59 Å². The van der Waals surface area contributed by atoms with E-state index in [1.807, 2.05) is 48.5 Å². The van der Waals surface area contributed by atoms with Crippen LogP contribution >= 0.6 is 0 Å². The Hall–Kier alpha value is -4.10.